The van der Waals surface area contributed by atoms with Crippen molar-refractivity contribution in [1.29, 1.82) is 0 Å². The molecule has 0 bridgehead atoms. The molecule has 1 fully saturated rings. The van der Waals surface area contributed by atoms with Crippen molar-refractivity contribution in [1.82, 2.24) is 10.3 Å². The number of benzene rings is 1. The first-order chi connectivity index (χ1) is 12.1. The standard InChI is InChI=1S/C19H17N3O2S/c1-12-5-10-16(24-12)18-17(15-4-2-3-11-20-15)21-19(25)22(18)13-6-8-14(23)9-7-13/h2-11,17-18,23H,1H3,(H,21,25)/t17-,18-/m0/s1. The zero-order valence-electron chi connectivity index (χ0n) is 13.6. The van der Waals surface area contributed by atoms with E-state index in [-0.39, 0.29) is 17.8 Å². The van der Waals surface area contributed by atoms with Crippen molar-refractivity contribution in [3.8, 4) is 5.75 Å². The highest BCUT2D eigenvalue weighted by atomic mass is 32.1. The lowest BCUT2D eigenvalue weighted by atomic mass is 10.0. The predicted molar refractivity (Wildman–Crippen MR) is 99.5 cm³/mol. The number of aromatic nitrogens is 1. The summed E-state index contributed by atoms with van der Waals surface area (Å²) in [6.07, 6.45) is 1.77. The fraction of sp³-hybridized carbons (Fsp3) is 0.158. The van der Waals surface area contributed by atoms with Crippen LogP contribution in [0, 0.1) is 6.92 Å². The second-order valence-electron chi connectivity index (χ2n) is 5.96. The summed E-state index contributed by atoms with van der Waals surface area (Å²) in [5.41, 5.74) is 1.78. The quantitative estimate of drug-likeness (QED) is 0.699. The molecule has 1 aromatic carbocycles. The molecule has 3 aromatic rings. The normalized spacial score (nSPS) is 19.9. The SMILES string of the molecule is Cc1ccc([C@H]2[C@H](c3ccccn3)NC(=S)N2c2ccc(O)cc2)o1. The van der Waals surface area contributed by atoms with Crippen LogP contribution in [0.2, 0.25) is 0 Å². The van der Waals surface area contributed by atoms with Crippen LogP contribution < -0.4 is 10.2 Å². The predicted octanol–water partition coefficient (Wildman–Crippen LogP) is 3.87. The molecule has 1 aliphatic rings. The maximum absolute atomic E-state index is 9.59. The molecule has 0 unspecified atom stereocenters. The zero-order valence-corrected chi connectivity index (χ0v) is 14.4. The number of phenols is 1. The summed E-state index contributed by atoms with van der Waals surface area (Å²) in [5.74, 6) is 1.88. The largest absolute Gasteiger partial charge is 0.508 e. The number of anilines is 1. The Balaban J connectivity index is 1.81. The second-order valence-corrected chi connectivity index (χ2v) is 6.35. The van der Waals surface area contributed by atoms with Gasteiger partial charge in [-0.25, -0.2) is 0 Å². The number of nitrogens with zero attached hydrogens (tertiary/aromatic N) is 2. The first kappa shape index (κ1) is 15.7. The third-order valence-electron chi connectivity index (χ3n) is 4.28. The molecule has 2 aromatic heterocycles. The molecular weight excluding hydrogens is 334 g/mol. The molecule has 126 valence electrons. The Morgan fingerprint density at radius 1 is 1.12 bits per heavy atom. The monoisotopic (exact) mass is 351 g/mol. The first-order valence-corrected chi connectivity index (χ1v) is 8.40. The molecule has 3 heterocycles. The van der Waals surface area contributed by atoms with E-state index >= 15 is 0 Å². The smallest absolute Gasteiger partial charge is 0.174 e. The van der Waals surface area contributed by atoms with Crippen molar-refractivity contribution in [2.45, 2.75) is 19.0 Å². The molecule has 4 rings (SSSR count). The minimum atomic E-state index is -0.166. The van der Waals surface area contributed by atoms with Gasteiger partial charge in [-0.2, -0.15) is 0 Å². The summed E-state index contributed by atoms with van der Waals surface area (Å²) in [5, 5.41) is 13.5. The summed E-state index contributed by atoms with van der Waals surface area (Å²) in [4.78, 5) is 6.50. The number of aryl methyl sites for hydroxylation is 1. The summed E-state index contributed by atoms with van der Waals surface area (Å²) < 4.78 is 5.92. The Morgan fingerprint density at radius 3 is 2.56 bits per heavy atom. The minimum absolute atomic E-state index is 0.131. The molecule has 6 heteroatoms. The summed E-state index contributed by atoms with van der Waals surface area (Å²) in [6.45, 7) is 1.92. The molecule has 1 aliphatic heterocycles. The number of nitrogens with one attached hydrogen (secondary N) is 1. The third kappa shape index (κ3) is 2.85. The maximum atomic E-state index is 9.59. The molecule has 0 radical (unpaired) electrons. The number of rotatable bonds is 3. The Bertz CT molecular complexity index is 893. The van der Waals surface area contributed by atoms with E-state index in [9.17, 15) is 5.11 Å². The van der Waals surface area contributed by atoms with Crippen molar-refractivity contribution >= 4 is 23.0 Å². The van der Waals surface area contributed by atoms with Gasteiger partial charge >= 0.3 is 0 Å². The highest BCUT2D eigenvalue weighted by Gasteiger charge is 2.42. The van der Waals surface area contributed by atoms with Gasteiger partial charge in [-0.05, 0) is 67.7 Å². The second kappa shape index (κ2) is 6.22. The number of thiocarbonyl (C=S) groups is 1. The van der Waals surface area contributed by atoms with E-state index in [1.807, 2.05) is 54.3 Å². The number of hydrogen-bond donors (Lipinski definition) is 2. The van der Waals surface area contributed by atoms with Crippen LogP contribution in [0.5, 0.6) is 5.75 Å². The Hall–Kier alpha value is -2.86. The van der Waals surface area contributed by atoms with E-state index in [1.54, 1.807) is 18.3 Å². The molecular formula is C19H17N3O2S. The number of pyridine rings is 1. The number of phenolic OH excluding ortho intramolecular Hbond substituents is 1. The third-order valence-corrected chi connectivity index (χ3v) is 4.59. The molecule has 0 saturated carbocycles. The van der Waals surface area contributed by atoms with Gasteiger partial charge in [0.25, 0.3) is 0 Å². The zero-order chi connectivity index (χ0) is 17.4. The van der Waals surface area contributed by atoms with E-state index in [0.29, 0.717) is 5.11 Å². The van der Waals surface area contributed by atoms with Crippen molar-refractivity contribution in [3.05, 3.63) is 78.0 Å². The van der Waals surface area contributed by atoms with Gasteiger partial charge in [0, 0.05) is 11.9 Å². The van der Waals surface area contributed by atoms with Gasteiger partial charge in [0.2, 0.25) is 0 Å². The van der Waals surface area contributed by atoms with Gasteiger partial charge < -0.3 is 19.7 Å². The molecule has 1 saturated heterocycles. The van der Waals surface area contributed by atoms with Gasteiger partial charge in [-0.1, -0.05) is 6.07 Å². The average Bonchev–Trinajstić information content (AvgIpc) is 3.20. The van der Waals surface area contributed by atoms with E-state index in [0.717, 1.165) is 22.9 Å². The molecule has 0 spiro atoms. The fourth-order valence-corrected chi connectivity index (χ4v) is 3.49. The number of aromatic hydroxyl groups is 1. The summed E-state index contributed by atoms with van der Waals surface area (Å²) >= 11 is 5.60. The average molecular weight is 351 g/mol. The van der Waals surface area contributed by atoms with E-state index in [4.69, 9.17) is 16.6 Å². The van der Waals surface area contributed by atoms with Crippen molar-refractivity contribution in [2.24, 2.45) is 0 Å². The van der Waals surface area contributed by atoms with Crippen molar-refractivity contribution in [2.75, 3.05) is 4.90 Å². The minimum Gasteiger partial charge on any atom is -0.508 e. The topological polar surface area (TPSA) is 61.5 Å². The van der Waals surface area contributed by atoms with Gasteiger partial charge in [-0.3, -0.25) is 4.98 Å². The fourth-order valence-electron chi connectivity index (χ4n) is 3.15. The van der Waals surface area contributed by atoms with E-state index in [1.165, 1.54) is 0 Å². The van der Waals surface area contributed by atoms with Crippen LogP contribution in [-0.4, -0.2) is 15.2 Å². The van der Waals surface area contributed by atoms with Crippen molar-refractivity contribution < 1.29 is 9.52 Å². The van der Waals surface area contributed by atoms with Crippen LogP contribution >= 0.6 is 12.2 Å². The Morgan fingerprint density at radius 2 is 1.92 bits per heavy atom. The Labute approximate surface area is 150 Å². The van der Waals surface area contributed by atoms with E-state index < -0.39 is 0 Å². The van der Waals surface area contributed by atoms with Crippen LogP contribution in [0.15, 0.2) is 65.2 Å². The first-order valence-electron chi connectivity index (χ1n) is 7.99. The van der Waals surface area contributed by atoms with Crippen LogP contribution in [-0.2, 0) is 0 Å². The van der Waals surface area contributed by atoms with Crippen LogP contribution in [0.1, 0.15) is 29.3 Å². The number of hydrogen-bond acceptors (Lipinski definition) is 4. The lowest BCUT2D eigenvalue weighted by molar-refractivity contribution is 0.418. The van der Waals surface area contributed by atoms with Gasteiger partial charge in [0.1, 0.15) is 23.3 Å². The highest BCUT2D eigenvalue weighted by molar-refractivity contribution is 7.80. The van der Waals surface area contributed by atoms with Crippen LogP contribution in [0.3, 0.4) is 0 Å². The maximum Gasteiger partial charge on any atom is 0.174 e. The van der Waals surface area contributed by atoms with Crippen molar-refractivity contribution in [3.63, 3.8) is 0 Å². The summed E-state index contributed by atoms with van der Waals surface area (Å²) in [6, 6.07) is 16.4. The van der Waals surface area contributed by atoms with E-state index in [2.05, 4.69) is 10.3 Å². The van der Waals surface area contributed by atoms with Gasteiger partial charge in [0.15, 0.2) is 5.11 Å². The highest BCUT2D eigenvalue weighted by Crippen LogP contribution is 2.42. The molecule has 2 N–H and O–H groups in total. The molecule has 5 nitrogen and oxygen atoms in total. The molecule has 2 atom stereocenters. The van der Waals surface area contributed by atoms with Gasteiger partial charge in [-0.15, -0.1) is 0 Å². The number of furan rings is 1. The van der Waals surface area contributed by atoms with Crippen LogP contribution in [0.4, 0.5) is 5.69 Å². The molecule has 25 heavy (non-hydrogen) atoms. The van der Waals surface area contributed by atoms with Crippen LogP contribution in [0.25, 0.3) is 0 Å². The lowest BCUT2D eigenvalue weighted by Crippen LogP contribution is -2.29. The Kier molecular flexibility index (Phi) is 3.89. The lowest BCUT2D eigenvalue weighted by Gasteiger charge is -2.26. The molecule has 0 amide bonds. The van der Waals surface area contributed by atoms with Gasteiger partial charge in [0.05, 0.1) is 11.7 Å². The summed E-state index contributed by atoms with van der Waals surface area (Å²) in [7, 11) is 0. The molecule has 0 aliphatic carbocycles.